The number of aryl methyl sites for hydroxylation is 1. The van der Waals surface area contributed by atoms with Gasteiger partial charge in [-0.2, -0.15) is 0 Å². The second kappa shape index (κ2) is 8.63. The molecule has 0 saturated carbocycles. The maximum Gasteiger partial charge on any atom is 0.119 e. The van der Waals surface area contributed by atoms with Crippen molar-refractivity contribution in [1.29, 1.82) is 0 Å². The van der Waals surface area contributed by atoms with Crippen LogP contribution in [0.5, 0.6) is 5.75 Å². The van der Waals surface area contributed by atoms with Crippen LogP contribution in [0.4, 0.5) is 0 Å². The molecule has 3 heteroatoms. The maximum absolute atomic E-state index is 5.87. The van der Waals surface area contributed by atoms with E-state index in [4.69, 9.17) is 17.0 Å². The van der Waals surface area contributed by atoms with Crippen molar-refractivity contribution in [3.05, 3.63) is 101 Å². The van der Waals surface area contributed by atoms with E-state index in [-0.39, 0.29) is 0 Å². The summed E-state index contributed by atoms with van der Waals surface area (Å²) in [5.74, 6) is 0.850. The fraction of sp³-hybridized carbons (Fsp3) is 0.174. The van der Waals surface area contributed by atoms with Gasteiger partial charge in [-0.25, -0.2) is 0 Å². The number of rotatable bonds is 6. The monoisotopic (exact) mass is 361 g/mol. The minimum absolute atomic E-state index is 0.567. The van der Waals surface area contributed by atoms with Crippen LogP contribution in [-0.4, -0.2) is 16.9 Å². The van der Waals surface area contributed by atoms with E-state index in [1.165, 1.54) is 11.1 Å². The normalized spacial score (nSPS) is 10.4. The molecule has 0 atom stereocenters. The molecule has 0 fully saturated rings. The van der Waals surface area contributed by atoms with E-state index < -0.39 is 0 Å². The van der Waals surface area contributed by atoms with Crippen molar-refractivity contribution in [2.45, 2.75) is 20.1 Å². The number of ether oxygens (including phenoxy) is 1. The molecule has 26 heavy (non-hydrogen) atoms. The van der Waals surface area contributed by atoms with E-state index in [1.54, 1.807) is 0 Å². The van der Waals surface area contributed by atoms with Crippen LogP contribution in [-0.2, 0) is 13.2 Å². The Morgan fingerprint density at radius 2 is 1.50 bits per heavy atom. The minimum Gasteiger partial charge on any atom is -0.489 e. The van der Waals surface area contributed by atoms with Crippen molar-refractivity contribution < 1.29 is 4.74 Å². The van der Waals surface area contributed by atoms with Gasteiger partial charge < -0.3 is 9.64 Å². The van der Waals surface area contributed by atoms with Gasteiger partial charge in [-0.3, -0.25) is 0 Å². The zero-order valence-electron chi connectivity index (χ0n) is 15.2. The molecule has 0 radical (unpaired) electrons. The Kier molecular flexibility index (Phi) is 6.03. The molecule has 2 nitrogen and oxygen atoms in total. The van der Waals surface area contributed by atoms with E-state index in [2.05, 4.69) is 48.2 Å². The summed E-state index contributed by atoms with van der Waals surface area (Å²) < 4.78 is 5.87. The van der Waals surface area contributed by atoms with Crippen LogP contribution in [0.25, 0.3) is 0 Å². The van der Waals surface area contributed by atoms with E-state index in [0.717, 1.165) is 28.4 Å². The van der Waals surface area contributed by atoms with Gasteiger partial charge in [0, 0.05) is 19.2 Å². The first kappa shape index (κ1) is 18.2. The van der Waals surface area contributed by atoms with Gasteiger partial charge in [0.15, 0.2) is 0 Å². The lowest BCUT2D eigenvalue weighted by atomic mass is 10.1. The summed E-state index contributed by atoms with van der Waals surface area (Å²) in [7, 11) is 2.02. The highest BCUT2D eigenvalue weighted by molar-refractivity contribution is 7.80. The molecule has 0 aliphatic carbocycles. The van der Waals surface area contributed by atoms with Crippen LogP contribution >= 0.6 is 12.2 Å². The minimum atomic E-state index is 0.567. The van der Waals surface area contributed by atoms with Gasteiger partial charge >= 0.3 is 0 Å². The largest absolute Gasteiger partial charge is 0.489 e. The molecule has 132 valence electrons. The first-order valence-corrected chi connectivity index (χ1v) is 9.10. The predicted molar refractivity (Wildman–Crippen MR) is 112 cm³/mol. The first-order chi connectivity index (χ1) is 12.6. The number of hydrogen-bond acceptors (Lipinski definition) is 2. The maximum atomic E-state index is 5.87. The van der Waals surface area contributed by atoms with Crippen molar-refractivity contribution in [2.75, 3.05) is 7.05 Å². The Morgan fingerprint density at radius 3 is 2.15 bits per heavy atom. The van der Waals surface area contributed by atoms with Gasteiger partial charge in [-0.05, 0) is 42.3 Å². The summed E-state index contributed by atoms with van der Waals surface area (Å²) >= 11 is 5.62. The Bertz CT molecular complexity index is 842. The van der Waals surface area contributed by atoms with E-state index >= 15 is 0 Å². The number of nitrogens with zero attached hydrogens (tertiary/aromatic N) is 1. The molecule has 0 spiro atoms. The van der Waals surface area contributed by atoms with Crippen molar-refractivity contribution >= 4 is 17.2 Å². The van der Waals surface area contributed by atoms with Gasteiger partial charge in [0.25, 0.3) is 0 Å². The highest BCUT2D eigenvalue weighted by Gasteiger charge is 2.08. The molecule has 3 rings (SSSR count). The second-order valence-corrected chi connectivity index (χ2v) is 6.83. The van der Waals surface area contributed by atoms with Gasteiger partial charge in [0.05, 0.1) is 0 Å². The molecule has 0 aromatic heterocycles. The second-order valence-electron chi connectivity index (χ2n) is 6.45. The summed E-state index contributed by atoms with van der Waals surface area (Å²) in [6.45, 7) is 3.45. The number of thiocarbonyl (C=S) groups is 1. The topological polar surface area (TPSA) is 12.5 Å². The molecule has 0 saturated heterocycles. The van der Waals surface area contributed by atoms with Gasteiger partial charge in [0.2, 0.25) is 0 Å². The van der Waals surface area contributed by atoms with Gasteiger partial charge in [-0.15, -0.1) is 0 Å². The summed E-state index contributed by atoms with van der Waals surface area (Å²) in [6.07, 6.45) is 0. The zero-order chi connectivity index (χ0) is 18.4. The van der Waals surface area contributed by atoms with Crippen molar-refractivity contribution in [3.8, 4) is 5.75 Å². The van der Waals surface area contributed by atoms with Gasteiger partial charge in [-0.1, -0.05) is 72.4 Å². The standard InChI is InChI=1S/C23H23NOS/c1-18-8-10-20(11-9-18)17-25-22-14-12-21(13-15-22)23(26)24(2)16-19-6-4-3-5-7-19/h3-15H,16-17H2,1-2H3. The molecular formula is C23H23NOS. The first-order valence-electron chi connectivity index (χ1n) is 8.69. The van der Waals surface area contributed by atoms with Gasteiger partial charge in [0.1, 0.15) is 17.3 Å². The molecule has 3 aromatic carbocycles. The Morgan fingerprint density at radius 1 is 0.846 bits per heavy atom. The third-order valence-electron chi connectivity index (χ3n) is 4.24. The quantitative estimate of drug-likeness (QED) is 0.547. The average Bonchev–Trinajstić information content (AvgIpc) is 2.68. The van der Waals surface area contributed by atoms with E-state index in [0.29, 0.717) is 6.61 Å². The van der Waals surface area contributed by atoms with Crippen molar-refractivity contribution in [1.82, 2.24) is 4.90 Å². The van der Waals surface area contributed by atoms with Crippen LogP contribution in [0.3, 0.4) is 0 Å². The van der Waals surface area contributed by atoms with Crippen LogP contribution in [0, 0.1) is 6.92 Å². The van der Waals surface area contributed by atoms with Crippen LogP contribution in [0.15, 0.2) is 78.9 Å². The summed E-state index contributed by atoms with van der Waals surface area (Å²) in [4.78, 5) is 2.92. The lowest BCUT2D eigenvalue weighted by Gasteiger charge is -2.20. The average molecular weight is 362 g/mol. The van der Waals surface area contributed by atoms with Crippen LogP contribution in [0.1, 0.15) is 22.3 Å². The summed E-state index contributed by atoms with van der Waals surface area (Å²) in [6, 6.07) is 26.7. The Balaban J connectivity index is 1.57. The number of benzene rings is 3. The molecule has 0 amide bonds. The van der Waals surface area contributed by atoms with Crippen molar-refractivity contribution in [2.24, 2.45) is 0 Å². The van der Waals surface area contributed by atoms with E-state index in [1.807, 2.05) is 49.5 Å². The fourth-order valence-electron chi connectivity index (χ4n) is 2.69. The number of hydrogen-bond donors (Lipinski definition) is 0. The van der Waals surface area contributed by atoms with Crippen LogP contribution < -0.4 is 4.74 Å². The molecular weight excluding hydrogens is 338 g/mol. The Labute approximate surface area is 161 Å². The molecule has 0 heterocycles. The smallest absolute Gasteiger partial charge is 0.119 e. The SMILES string of the molecule is Cc1ccc(COc2ccc(C(=S)N(C)Cc3ccccc3)cc2)cc1. The molecule has 0 aliphatic rings. The predicted octanol–water partition coefficient (Wildman–Crippen LogP) is 5.38. The van der Waals surface area contributed by atoms with E-state index in [9.17, 15) is 0 Å². The zero-order valence-corrected chi connectivity index (χ0v) is 16.0. The lowest BCUT2D eigenvalue weighted by Crippen LogP contribution is -2.25. The summed E-state index contributed by atoms with van der Waals surface area (Å²) in [5, 5.41) is 0. The molecule has 3 aromatic rings. The highest BCUT2D eigenvalue weighted by Crippen LogP contribution is 2.17. The third-order valence-corrected chi connectivity index (χ3v) is 4.78. The van der Waals surface area contributed by atoms with Crippen molar-refractivity contribution in [3.63, 3.8) is 0 Å². The Hall–Kier alpha value is -2.65. The molecule has 0 bridgehead atoms. The van der Waals surface area contributed by atoms with Crippen LogP contribution in [0.2, 0.25) is 0 Å². The fourth-order valence-corrected chi connectivity index (χ4v) is 2.89. The molecule has 0 aliphatic heterocycles. The molecule has 0 unspecified atom stereocenters. The summed E-state index contributed by atoms with van der Waals surface area (Å²) in [5.41, 5.74) is 4.69. The highest BCUT2D eigenvalue weighted by atomic mass is 32.1. The molecule has 0 N–H and O–H groups in total. The third kappa shape index (κ3) is 4.93. The lowest BCUT2D eigenvalue weighted by molar-refractivity contribution is 0.306.